The zero-order valence-corrected chi connectivity index (χ0v) is 14.3. The van der Waals surface area contributed by atoms with E-state index in [1.54, 1.807) is 24.3 Å². The molecule has 0 bridgehead atoms. The molecule has 0 aliphatic carbocycles. The first-order valence-corrected chi connectivity index (χ1v) is 8.37. The number of epoxide rings is 1. The molecule has 26 heavy (non-hydrogen) atoms. The summed E-state index contributed by atoms with van der Waals surface area (Å²) in [6, 6.07) is 18.7. The van der Waals surface area contributed by atoms with Crippen molar-refractivity contribution < 1.29 is 9.53 Å². The summed E-state index contributed by atoms with van der Waals surface area (Å²) in [5.74, 6) is -0.210. The highest BCUT2D eigenvalue weighted by Crippen LogP contribution is 2.37. The van der Waals surface area contributed by atoms with Crippen molar-refractivity contribution in [3.8, 4) is 11.8 Å². The average molecular weight is 343 g/mol. The lowest BCUT2D eigenvalue weighted by Crippen LogP contribution is -2.13. The number of carbonyl (C=O) groups is 1. The van der Waals surface area contributed by atoms with Crippen LogP contribution in [0.5, 0.6) is 0 Å². The van der Waals surface area contributed by atoms with E-state index in [0.717, 1.165) is 17.1 Å². The summed E-state index contributed by atoms with van der Waals surface area (Å²) in [6.07, 6.45) is 1.93. The van der Waals surface area contributed by atoms with E-state index < -0.39 is 0 Å². The molecule has 1 aliphatic rings. The highest BCUT2D eigenvalue weighted by Gasteiger charge is 2.32. The number of anilines is 1. The number of rotatable bonds is 4. The highest BCUT2D eigenvalue weighted by molar-refractivity contribution is 6.04. The average Bonchev–Trinajstić information content (AvgIpc) is 3.43. The van der Waals surface area contributed by atoms with E-state index in [1.165, 1.54) is 5.56 Å². The number of nitriles is 1. The molecule has 5 heteroatoms. The van der Waals surface area contributed by atoms with Gasteiger partial charge < -0.3 is 14.6 Å². The Balaban J connectivity index is 1.63. The van der Waals surface area contributed by atoms with Crippen LogP contribution in [0.3, 0.4) is 0 Å². The van der Waals surface area contributed by atoms with Crippen molar-refractivity contribution in [2.45, 2.75) is 13.0 Å². The molecule has 1 atom stereocenters. The van der Waals surface area contributed by atoms with Gasteiger partial charge in [0.25, 0.3) is 5.91 Å². The number of amides is 1. The zero-order valence-electron chi connectivity index (χ0n) is 14.3. The van der Waals surface area contributed by atoms with Crippen LogP contribution < -0.4 is 5.32 Å². The molecule has 1 amide bonds. The van der Waals surface area contributed by atoms with Gasteiger partial charge in [0.2, 0.25) is 0 Å². The Morgan fingerprint density at radius 1 is 1.15 bits per heavy atom. The Morgan fingerprint density at radius 3 is 2.46 bits per heavy atom. The Labute approximate surface area is 151 Å². The van der Waals surface area contributed by atoms with Crippen molar-refractivity contribution in [1.29, 1.82) is 5.26 Å². The van der Waals surface area contributed by atoms with Crippen molar-refractivity contribution in [3.63, 3.8) is 0 Å². The van der Waals surface area contributed by atoms with Gasteiger partial charge in [0, 0.05) is 17.4 Å². The number of aromatic nitrogens is 1. The first-order chi connectivity index (χ1) is 12.7. The standard InChI is InChI=1S/C21H17N3O2/c1-14-2-8-17(9-3-14)24-11-10-18(20(24)19-13-26-19)23-21(25)16-6-4-15(12-22)5-7-16/h2-11,19H,13H2,1H3,(H,23,25). The second-order valence-electron chi connectivity index (χ2n) is 6.29. The summed E-state index contributed by atoms with van der Waals surface area (Å²) >= 11 is 0. The molecule has 1 aliphatic heterocycles. The number of ether oxygens (including phenoxy) is 1. The molecular weight excluding hydrogens is 326 g/mol. The Kier molecular flexibility index (Phi) is 4.04. The van der Waals surface area contributed by atoms with Gasteiger partial charge in [-0.05, 0) is 49.4 Å². The molecule has 2 heterocycles. The van der Waals surface area contributed by atoms with Crippen LogP contribution in [0.2, 0.25) is 0 Å². The third kappa shape index (κ3) is 3.10. The van der Waals surface area contributed by atoms with E-state index >= 15 is 0 Å². The van der Waals surface area contributed by atoms with Crippen LogP contribution in [0.1, 0.15) is 33.3 Å². The first kappa shape index (κ1) is 16.1. The van der Waals surface area contributed by atoms with Gasteiger partial charge in [0.05, 0.1) is 29.6 Å². The van der Waals surface area contributed by atoms with E-state index in [4.69, 9.17) is 10.00 Å². The first-order valence-electron chi connectivity index (χ1n) is 8.37. The van der Waals surface area contributed by atoms with Crippen molar-refractivity contribution >= 4 is 11.6 Å². The summed E-state index contributed by atoms with van der Waals surface area (Å²) in [6.45, 7) is 2.70. The third-order valence-electron chi connectivity index (χ3n) is 4.40. The molecule has 1 fully saturated rings. The van der Waals surface area contributed by atoms with E-state index in [9.17, 15) is 4.79 Å². The Hall–Kier alpha value is -3.36. The lowest BCUT2D eigenvalue weighted by molar-refractivity contribution is 0.102. The van der Waals surface area contributed by atoms with E-state index in [1.807, 2.05) is 42.0 Å². The molecule has 3 aromatic rings. The zero-order chi connectivity index (χ0) is 18.1. The van der Waals surface area contributed by atoms with Crippen molar-refractivity contribution in [2.24, 2.45) is 0 Å². The van der Waals surface area contributed by atoms with E-state index in [2.05, 4.69) is 17.4 Å². The van der Waals surface area contributed by atoms with Gasteiger partial charge in [-0.2, -0.15) is 5.26 Å². The number of hydrogen-bond acceptors (Lipinski definition) is 3. The fraction of sp³-hybridized carbons (Fsp3) is 0.143. The number of aryl methyl sites for hydroxylation is 1. The maximum absolute atomic E-state index is 12.6. The van der Waals surface area contributed by atoms with Crippen LogP contribution in [0.4, 0.5) is 5.69 Å². The number of carbonyl (C=O) groups excluding carboxylic acids is 1. The minimum absolute atomic E-state index is 0.0115. The summed E-state index contributed by atoms with van der Waals surface area (Å²) in [4.78, 5) is 12.6. The van der Waals surface area contributed by atoms with Crippen molar-refractivity contribution in [2.75, 3.05) is 11.9 Å². The van der Waals surface area contributed by atoms with Crippen molar-refractivity contribution in [3.05, 3.63) is 83.2 Å². The SMILES string of the molecule is Cc1ccc(-n2ccc(NC(=O)c3ccc(C#N)cc3)c2C2CO2)cc1. The molecule has 1 N–H and O–H groups in total. The lowest BCUT2D eigenvalue weighted by Gasteiger charge is -2.11. The van der Waals surface area contributed by atoms with Gasteiger partial charge in [0.1, 0.15) is 6.10 Å². The van der Waals surface area contributed by atoms with Crippen LogP contribution >= 0.6 is 0 Å². The van der Waals surface area contributed by atoms with Gasteiger partial charge in [-0.3, -0.25) is 4.79 Å². The predicted octanol–water partition coefficient (Wildman–Crippen LogP) is 3.98. The van der Waals surface area contributed by atoms with Crippen LogP contribution in [0, 0.1) is 18.3 Å². The van der Waals surface area contributed by atoms with Gasteiger partial charge in [-0.25, -0.2) is 0 Å². The van der Waals surface area contributed by atoms with E-state index in [0.29, 0.717) is 17.7 Å². The summed E-state index contributed by atoms with van der Waals surface area (Å²) in [5, 5.41) is 11.8. The predicted molar refractivity (Wildman–Crippen MR) is 98.3 cm³/mol. The molecule has 128 valence electrons. The number of hydrogen-bond donors (Lipinski definition) is 1. The molecular formula is C21H17N3O2. The highest BCUT2D eigenvalue weighted by atomic mass is 16.6. The molecule has 0 spiro atoms. The van der Waals surface area contributed by atoms with Crippen LogP contribution in [0.15, 0.2) is 60.8 Å². The van der Waals surface area contributed by atoms with Crippen molar-refractivity contribution in [1.82, 2.24) is 4.57 Å². The molecule has 0 radical (unpaired) electrons. The monoisotopic (exact) mass is 343 g/mol. The lowest BCUT2D eigenvalue weighted by atomic mass is 10.1. The fourth-order valence-corrected chi connectivity index (χ4v) is 2.91. The largest absolute Gasteiger partial charge is 0.366 e. The smallest absolute Gasteiger partial charge is 0.255 e. The molecule has 1 aromatic heterocycles. The number of nitrogens with zero attached hydrogens (tertiary/aromatic N) is 2. The maximum atomic E-state index is 12.6. The molecule has 1 unspecified atom stereocenters. The molecule has 5 nitrogen and oxygen atoms in total. The molecule has 2 aromatic carbocycles. The third-order valence-corrected chi connectivity index (χ3v) is 4.40. The molecule has 1 saturated heterocycles. The van der Waals surface area contributed by atoms with Gasteiger partial charge >= 0.3 is 0 Å². The summed E-state index contributed by atoms with van der Waals surface area (Å²) < 4.78 is 7.54. The second kappa shape index (κ2) is 6.51. The van der Waals surface area contributed by atoms with Gasteiger partial charge in [-0.15, -0.1) is 0 Å². The number of benzene rings is 2. The summed E-state index contributed by atoms with van der Waals surface area (Å²) in [7, 11) is 0. The topological polar surface area (TPSA) is 70.3 Å². The maximum Gasteiger partial charge on any atom is 0.255 e. The molecule has 0 saturated carbocycles. The Morgan fingerprint density at radius 2 is 1.85 bits per heavy atom. The minimum Gasteiger partial charge on any atom is -0.366 e. The number of nitrogens with one attached hydrogen (secondary N) is 1. The fourth-order valence-electron chi connectivity index (χ4n) is 2.91. The quantitative estimate of drug-likeness (QED) is 0.728. The van der Waals surface area contributed by atoms with Crippen LogP contribution in [0.25, 0.3) is 5.69 Å². The van der Waals surface area contributed by atoms with Crippen LogP contribution in [-0.2, 0) is 4.74 Å². The summed E-state index contributed by atoms with van der Waals surface area (Å²) in [5.41, 5.74) is 4.94. The van der Waals surface area contributed by atoms with E-state index in [-0.39, 0.29) is 12.0 Å². The Bertz CT molecular complexity index is 991. The minimum atomic E-state index is -0.210. The second-order valence-corrected chi connectivity index (χ2v) is 6.29. The van der Waals surface area contributed by atoms with Gasteiger partial charge in [0.15, 0.2) is 0 Å². The van der Waals surface area contributed by atoms with Gasteiger partial charge in [-0.1, -0.05) is 17.7 Å². The molecule has 4 rings (SSSR count). The van der Waals surface area contributed by atoms with Crippen LogP contribution in [-0.4, -0.2) is 17.1 Å². The normalized spacial score (nSPS) is 15.3.